The Labute approximate surface area is 218 Å². The zero-order valence-corrected chi connectivity index (χ0v) is 20.8. The van der Waals surface area contributed by atoms with Gasteiger partial charge in [-0.3, -0.25) is 14.3 Å². The van der Waals surface area contributed by atoms with Gasteiger partial charge < -0.3 is 21.1 Å². The summed E-state index contributed by atoms with van der Waals surface area (Å²) in [5, 5.41) is 10.9. The summed E-state index contributed by atoms with van der Waals surface area (Å²) < 4.78 is 22.5. The van der Waals surface area contributed by atoms with Crippen molar-refractivity contribution in [1.29, 1.82) is 0 Å². The minimum Gasteiger partial charge on any atom is -0.495 e. The summed E-state index contributed by atoms with van der Waals surface area (Å²) >= 11 is 0. The first-order valence-electron chi connectivity index (χ1n) is 12.0. The van der Waals surface area contributed by atoms with Gasteiger partial charge in [0.2, 0.25) is 0 Å². The number of amides is 2. The van der Waals surface area contributed by atoms with Gasteiger partial charge in [0.1, 0.15) is 23.1 Å². The number of benzene rings is 2. The van der Waals surface area contributed by atoms with Gasteiger partial charge in [0.05, 0.1) is 29.7 Å². The maximum Gasteiger partial charge on any atom is 0.296 e. The molecule has 4 aromatic rings. The van der Waals surface area contributed by atoms with E-state index in [9.17, 15) is 9.59 Å². The highest BCUT2D eigenvalue weighted by Gasteiger charge is 2.34. The van der Waals surface area contributed by atoms with Crippen LogP contribution in [0.3, 0.4) is 0 Å². The van der Waals surface area contributed by atoms with Gasteiger partial charge in [-0.25, -0.2) is 9.37 Å². The summed E-state index contributed by atoms with van der Waals surface area (Å²) in [5.74, 6) is 4.37. The van der Waals surface area contributed by atoms with E-state index >= 15 is 4.39 Å². The van der Waals surface area contributed by atoms with Gasteiger partial charge in [-0.05, 0) is 62.1 Å². The van der Waals surface area contributed by atoms with E-state index in [0.717, 1.165) is 0 Å². The van der Waals surface area contributed by atoms with Crippen molar-refractivity contribution in [3.8, 4) is 28.8 Å². The van der Waals surface area contributed by atoms with E-state index in [1.807, 2.05) is 0 Å². The quantitative estimate of drug-likeness (QED) is 0.337. The Bertz CT molecular complexity index is 1610. The average Bonchev–Trinajstić information content (AvgIpc) is 3.26. The third-order valence-electron chi connectivity index (χ3n) is 6.52. The van der Waals surface area contributed by atoms with Crippen molar-refractivity contribution in [2.75, 3.05) is 18.2 Å². The van der Waals surface area contributed by atoms with E-state index in [4.69, 9.17) is 15.6 Å². The molecule has 2 aromatic heterocycles. The van der Waals surface area contributed by atoms with Gasteiger partial charge in [-0.1, -0.05) is 18.1 Å². The number of fused-ring (bicyclic) bond motifs is 1. The van der Waals surface area contributed by atoms with Crippen LogP contribution in [0.4, 0.5) is 15.9 Å². The lowest BCUT2D eigenvalue weighted by Crippen LogP contribution is -2.44. The number of aromatic nitrogens is 3. The number of rotatable bonds is 6. The number of nitrogens with zero attached hydrogens (tertiary/aromatic N) is 3. The van der Waals surface area contributed by atoms with Crippen LogP contribution in [-0.2, 0) is 4.79 Å². The van der Waals surface area contributed by atoms with Gasteiger partial charge in [0.15, 0.2) is 0 Å². The molecule has 5 rings (SSSR count). The van der Waals surface area contributed by atoms with Gasteiger partial charge in [-0.2, -0.15) is 5.10 Å². The first kappa shape index (κ1) is 24.8. The number of carbonyl (C=O) groups is 2. The predicted molar refractivity (Wildman–Crippen MR) is 142 cm³/mol. The number of anilines is 2. The van der Waals surface area contributed by atoms with Gasteiger partial charge in [0.25, 0.3) is 11.8 Å². The van der Waals surface area contributed by atoms with Crippen molar-refractivity contribution in [2.24, 2.45) is 0 Å². The fourth-order valence-corrected chi connectivity index (χ4v) is 4.61. The predicted octanol–water partition coefficient (Wildman–Crippen LogP) is 3.92. The number of methoxy groups -OCH3 is 1. The number of nitrogen functional groups attached to an aromatic ring is 1. The largest absolute Gasteiger partial charge is 0.495 e. The fourth-order valence-electron chi connectivity index (χ4n) is 4.61. The molecule has 0 spiro atoms. The Morgan fingerprint density at radius 2 is 1.97 bits per heavy atom. The van der Waals surface area contributed by atoms with E-state index in [2.05, 4.69) is 27.5 Å². The Morgan fingerprint density at radius 1 is 1.18 bits per heavy atom. The summed E-state index contributed by atoms with van der Waals surface area (Å²) in [7, 11) is 1.50. The SMILES string of the molecule is CC#CC(=O)N[C@H]1C[C@@H](n2nc(-c3ccc(C(=O)Nc4ccccc4OC)cc3F)c3c(N)nccc32)C1. The van der Waals surface area contributed by atoms with Crippen molar-refractivity contribution >= 4 is 34.2 Å². The van der Waals surface area contributed by atoms with Crippen molar-refractivity contribution in [3.05, 3.63) is 66.1 Å². The molecule has 0 unspecified atom stereocenters. The number of nitrogens with one attached hydrogen (secondary N) is 2. The molecular weight excluding hydrogens is 487 g/mol. The zero-order chi connectivity index (χ0) is 26.8. The summed E-state index contributed by atoms with van der Waals surface area (Å²) in [5.41, 5.74) is 8.07. The fraction of sp³-hybridized carbons (Fsp3) is 0.214. The first-order valence-corrected chi connectivity index (χ1v) is 12.0. The number of nitrogens with two attached hydrogens (primary N) is 1. The molecule has 0 bridgehead atoms. The molecule has 2 amide bonds. The van der Waals surface area contributed by atoms with Crippen molar-refractivity contribution in [1.82, 2.24) is 20.1 Å². The zero-order valence-electron chi connectivity index (χ0n) is 20.8. The van der Waals surface area contributed by atoms with Crippen molar-refractivity contribution < 1.29 is 18.7 Å². The number of ether oxygens (including phenoxy) is 1. The van der Waals surface area contributed by atoms with Crippen LogP contribution in [0.5, 0.6) is 5.75 Å². The Balaban J connectivity index is 1.43. The van der Waals surface area contributed by atoms with E-state index in [-0.39, 0.29) is 34.9 Å². The Hall–Kier alpha value is -4.91. The second-order valence-corrected chi connectivity index (χ2v) is 8.90. The molecule has 0 aliphatic heterocycles. The Kier molecular flexibility index (Phi) is 6.66. The minimum absolute atomic E-state index is 0.0121. The second-order valence-electron chi connectivity index (χ2n) is 8.90. The Morgan fingerprint density at radius 3 is 2.71 bits per heavy atom. The molecule has 0 saturated heterocycles. The van der Waals surface area contributed by atoms with E-state index in [1.165, 1.54) is 25.3 Å². The second kappa shape index (κ2) is 10.2. The maximum absolute atomic E-state index is 15.4. The van der Waals surface area contributed by atoms with Crippen LogP contribution in [0, 0.1) is 17.7 Å². The summed E-state index contributed by atoms with van der Waals surface area (Å²) in [6, 6.07) is 12.9. The van der Waals surface area contributed by atoms with Crippen LogP contribution in [0.1, 0.15) is 36.2 Å². The van der Waals surface area contributed by atoms with E-state index < -0.39 is 11.7 Å². The lowest BCUT2D eigenvalue weighted by molar-refractivity contribution is -0.117. The lowest BCUT2D eigenvalue weighted by atomic mass is 9.86. The smallest absolute Gasteiger partial charge is 0.296 e. The number of halogens is 1. The molecule has 1 fully saturated rings. The summed E-state index contributed by atoms with van der Waals surface area (Å²) in [6.45, 7) is 1.61. The number of hydrogen-bond donors (Lipinski definition) is 3. The highest BCUT2D eigenvalue weighted by Crippen LogP contribution is 2.39. The van der Waals surface area contributed by atoms with Crippen molar-refractivity contribution in [2.45, 2.75) is 31.8 Å². The molecule has 192 valence electrons. The van der Waals surface area contributed by atoms with Gasteiger partial charge >= 0.3 is 0 Å². The molecular formula is C28H25FN6O3. The molecule has 1 aliphatic carbocycles. The molecule has 1 saturated carbocycles. The highest BCUT2D eigenvalue weighted by atomic mass is 19.1. The number of pyridine rings is 1. The van der Waals surface area contributed by atoms with E-state index in [0.29, 0.717) is 40.9 Å². The highest BCUT2D eigenvalue weighted by molar-refractivity contribution is 6.06. The molecule has 4 N–H and O–H groups in total. The molecule has 0 atom stereocenters. The molecule has 10 heteroatoms. The summed E-state index contributed by atoms with van der Waals surface area (Å²) in [6.07, 6.45) is 2.89. The van der Waals surface area contributed by atoms with Crippen LogP contribution in [0.25, 0.3) is 22.2 Å². The maximum atomic E-state index is 15.4. The molecule has 2 heterocycles. The van der Waals surface area contributed by atoms with Gasteiger partial charge in [-0.15, -0.1) is 0 Å². The lowest BCUT2D eigenvalue weighted by Gasteiger charge is -2.35. The van der Waals surface area contributed by atoms with Crippen LogP contribution < -0.4 is 21.1 Å². The minimum atomic E-state index is -0.621. The molecule has 2 aromatic carbocycles. The van der Waals surface area contributed by atoms with Crippen molar-refractivity contribution in [3.63, 3.8) is 0 Å². The standard InChI is InChI=1S/C28H25FN6O3/c1-3-6-24(36)32-17-14-18(15-17)35-22-11-12-31-27(30)25(22)26(34-35)19-10-9-16(13-20(19)29)28(37)33-21-7-4-5-8-23(21)38-2/h4-5,7-13,17-18H,14-15H2,1-2H3,(H2,30,31)(H,32,36)(H,33,37)/t17-,18+. The molecule has 1 aliphatic rings. The molecule has 9 nitrogen and oxygen atoms in total. The first-order chi connectivity index (χ1) is 18.4. The molecule has 38 heavy (non-hydrogen) atoms. The number of hydrogen-bond acceptors (Lipinski definition) is 6. The third-order valence-corrected chi connectivity index (χ3v) is 6.52. The van der Waals surface area contributed by atoms with Crippen LogP contribution in [0.15, 0.2) is 54.7 Å². The molecule has 0 radical (unpaired) electrons. The summed E-state index contributed by atoms with van der Waals surface area (Å²) in [4.78, 5) is 28.8. The third kappa shape index (κ3) is 4.62. The normalized spacial score (nSPS) is 16.2. The van der Waals surface area contributed by atoms with E-state index in [1.54, 1.807) is 48.1 Å². The van der Waals surface area contributed by atoms with Crippen LogP contribution in [0.2, 0.25) is 0 Å². The van der Waals surface area contributed by atoms with Crippen LogP contribution >= 0.6 is 0 Å². The van der Waals surface area contributed by atoms with Gasteiger partial charge in [0, 0.05) is 23.4 Å². The van der Waals surface area contributed by atoms with Crippen LogP contribution in [-0.4, -0.2) is 39.7 Å². The topological polar surface area (TPSA) is 124 Å². The monoisotopic (exact) mass is 512 g/mol. The number of carbonyl (C=O) groups excluding carboxylic acids is 2. The average molecular weight is 513 g/mol. The number of para-hydroxylation sites is 2.